The lowest BCUT2D eigenvalue weighted by molar-refractivity contribution is -0.145. The van der Waals surface area contributed by atoms with Crippen LogP contribution in [0.4, 0.5) is 4.79 Å². The lowest BCUT2D eigenvalue weighted by Crippen LogP contribution is -2.41. The zero-order valence-corrected chi connectivity index (χ0v) is 13.2. The SMILES string of the molecule is COC(=O)C(C)CN(C)C(=O)NCCC(C)CCC(=O)O. The maximum atomic E-state index is 11.8. The molecular formula is C14H26N2O5. The first kappa shape index (κ1) is 19.2. The number of hydrogen-bond donors (Lipinski definition) is 2. The van der Waals surface area contributed by atoms with Gasteiger partial charge in [-0.3, -0.25) is 9.59 Å². The van der Waals surface area contributed by atoms with Crippen molar-refractivity contribution in [3.63, 3.8) is 0 Å². The molecule has 0 aromatic carbocycles. The van der Waals surface area contributed by atoms with Gasteiger partial charge in [-0.1, -0.05) is 13.8 Å². The molecular weight excluding hydrogens is 276 g/mol. The lowest BCUT2D eigenvalue weighted by Gasteiger charge is -2.21. The van der Waals surface area contributed by atoms with E-state index in [0.717, 1.165) is 6.42 Å². The molecule has 122 valence electrons. The maximum Gasteiger partial charge on any atom is 0.317 e. The summed E-state index contributed by atoms with van der Waals surface area (Å²) in [5.41, 5.74) is 0. The molecule has 0 spiro atoms. The fourth-order valence-electron chi connectivity index (χ4n) is 1.84. The molecule has 2 N–H and O–H groups in total. The van der Waals surface area contributed by atoms with Crippen molar-refractivity contribution >= 4 is 18.0 Å². The first-order chi connectivity index (χ1) is 9.77. The van der Waals surface area contributed by atoms with Crippen molar-refractivity contribution in [2.45, 2.75) is 33.1 Å². The van der Waals surface area contributed by atoms with Gasteiger partial charge in [0.1, 0.15) is 0 Å². The van der Waals surface area contributed by atoms with Gasteiger partial charge < -0.3 is 20.1 Å². The van der Waals surface area contributed by atoms with Crippen LogP contribution in [-0.2, 0) is 14.3 Å². The highest BCUT2D eigenvalue weighted by Crippen LogP contribution is 2.09. The molecule has 0 heterocycles. The Bertz CT molecular complexity index is 359. The third-order valence-corrected chi connectivity index (χ3v) is 3.26. The Labute approximate surface area is 125 Å². The molecule has 2 amide bonds. The van der Waals surface area contributed by atoms with E-state index in [2.05, 4.69) is 10.1 Å². The normalized spacial score (nSPS) is 13.1. The Morgan fingerprint density at radius 1 is 1.24 bits per heavy atom. The average molecular weight is 302 g/mol. The molecule has 0 saturated heterocycles. The molecule has 0 rings (SSSR count). The highest BCUT2D eigenvalue weighted by molar-refractivity contribution is 5.76. The number of carboxylic acids is 1. The summed E-state index contributed by atoms with van der Waals surface area (Å²) in [5.74, 6) is -1.29. The fourth-order valence-corrected chi connectivity index (χ4v) is 1.84. The molecule has 0 bridgehead atoms. The molecule has 0 aromatic rings. The third-order valence-electron chi connectivity index (χ3n) is 3.26. The van der Waals surface area contributed by atoms with Crippen LogP contribution in [0.25, 0.3) is 0 Å². The highest BCUT2D eigenvalue weighted by Gasteiger charge is 2.18. The van der Waals surface area contributed by atoms with Crippen LogP contribution in [0.3, 0.4) is 0 Å². The number of nitrogens with one attached hydrogen (secondary N) is 1. The second kappa shape index (κ2) is 10.0. The van der Waals surface area contributed by atoms with E-state index in [4.69, 9.17) is 5.11 Å². The topological polar surface area (TPSA) is 95.9 Å². The monoisotopic (exact) mass is 302 g/mol. The molecule has 0 aliphatic carbocycles. The minimum atomic E-state index is -0.803. The molecule has 0 radical (unpaired) electrons. The van der Waals surface area contributed by atoms with Gasteiger partial charge in [0.15, 0.2) is 0 Å². The van der Waals surface area contributed by atoms with Crippen molar-refractivity contribution in [1.82, 2.24) is 10.2 Å². The number of urea groups is 1. The maximum absolute atomic E-state index is 11.8. The van der Waals surface area contributed by atoms with Gasteiger partial charge in [-0.25, -0.2) is 4.79 Å². The predicted octanol–water partition coefficient (Wildman–Crippen LogP) is 1.33. The zero-order chi connectivity index (χ0) is 16.4. The smallest absolute Gasteiger partial charge is 0.317 e. The summed E-state index contributed by atoms with van der Waals surface area (Å²) in [5, 5.41) is 11.3. The van der Waals surface area contributed by atoms with E-state index >= 15 is 0 Å². The molecule has 0 saturated carbocycles. The minimum absolute atomic E-state index is 0.145. The van der Waals surface area contributed by atoms with Gasteiger partial charge in [-0.15, -0.1) is 0 Å². The molecule has 7 heteroatoms. The molecule has 0 aliphatic heterocycles. The van der Waals surface area contributed by atoms with E-state index in [1.165, 1.54) is 12.0 Å². The Morgan fingerprint density at radius 2 is 1.86 bits per heavy atom. The fraction of sp³-hybridized carbons (Fsp3) is 0.786. The van der Waals surface area contributed by atoms with Gasteiger partial charge in [0, 0.05) is 26.6 Å². The summed E-state index contributed by atoms with van der Waals surface area (Å²) >= 11 is 0. The minimum Gasteiger partial charge on any atom is -0.481 e. The lowest BCUT2D eigenvalue weighted by atomic mass is 10.0. The van der Waals surface area contributed by atoms with Gasteiger partial charge in [0.05, 0.1) is 13.0 Å². The number of methoxy groups -OCH3 is 1. The van der Waals surface area contributed by atoms with E-state index < -0.39 is 5.97 Å². The average Bonchev–Trinajstić information content (AvgIpc) is 2.43. The van der Waals surface area contributed by atoms with Crippen LogP contribution in [0, 0.1) is 11.8 Å². The summed E-state index contributed by atoms with van der Waals surface area (Å²) in [4.78, 5) is 35.0. The van der Waals surface area contributed by atoms with Crippen LogP contribution in [0.5, 0.6) is 0 Å². The largest absolute Gasteiger partial charge is 0.481 e. The number of aliphatic carboxylic acids is 1. The summed E-state index contributed by atoms with van der Waals surface area (Å²) in [7, 11) is 2.93. The van der Waals surface area contributed by atoms with E-state index in [1.807, 2.05) is 6.92 Å². The van der Waals surface area contributed by atoms with E-state index in [9.17, 15) is 14.4 Å². The quantitative estimate of drug-likeness (QED) is 0.626. The zero-order valence-electron chi connectivity index (χ0n) is 13.2. The first-order valence-electron chi connectivity index (χ1n) is 7.06. The highest BCUT2D eigenvalue weighted by atomic mass is 16.5. The van der Waals surface area contributed by atoms with Crippen molar-refractivity contribution in [2.75, 3.05) is 27.2 Å². The second-order valence-electron chi connectivity index (χ2n) is 5.36. The number of hydrogen-bond acceptors (Lipinski definition) is 4. The second-order valence-corrected chi connectivity index (χ2v) is 5.36. The van der Waals surface area contributed by atoms with Crippen LogP contribution in [-0.4, -0.2) is 55.2 Å². The number of ether oxygens (including phenoxy) is 1. The van der Waals surface area contributed by atoms with Gasteiger partial charge in [0.2, 0.25) is 0 Å². The molecule has 0 fully saturated rings. The van der Waals surface area contributed by atoms with Crippen molar-refractivity contribution in [1.29, 1.82) is 0 Å². The standard InChI is InChI=1S/C14H26N2O5/c1-10(5-6-12(17)18)7-8-15-14(20)16(3)9-11(2)13(19)21-4/h10-11H,5-9H2,1-4H3,(H,15,20)(H,17,18). The Balaban J connectivity index is 3.92. The molecule has 2 atom stereocenters. The van der Waals surface area contributed by atoms with Gasteiger partial charge in [0.25, 0.3) is 0 Å². The van der Waals surface area contributed by atoms with Crippen LogP contribution >= 0.6 is 0 Å². The number of nitrogens with zero attached hydrogens (tertiary/aromatic N) is 1. The summed E-state index contributed by atoms with van der Waals surface area (Å²) in [6.45, 7) is 4.42. The van der Waals surface area contributed by atoms with Crippen LogP contribution in [0.15, 0.2) is 0 Å². The molecule has 7 nitrogen and oxygen atoms in total. The number of carbonyl (C=O) groups excluding carboxylic acids is 2. The predicted molar refractivity (Wildman–Crippen MR) is 77.9 cm³/mol. The summed E-state index contributed by atoms with van der Waals surface area (Å²) < 4.78 is 4.61. The van der Waals surface area contributed by atoms with Crippen molar-refractivity contribution in [3.8, 4) is 0 Å². The Hall–Kier alpha value is -1.79. The summed E-state index contributed by atoms with van der Waals surface area (Å²) in [6, 6.07) is -0.254. The van der Waals surface area contributed by atoms with E-state index in [0.29, 0.717) is 13.0 Å². The summed E-state index contributed by atoms with van der Waals surface area (Å²) in [6.07, 6.45) is 1.46. The number of esters is 1. The van der Waals surface area contributed by atoms with Crippen LogP contribution < -0.4 is 5.32 Å². The molecule has 0 aliphatic rings. The van der Waals surface area contributed by atoms with Gasteiger partial charge in [-0.2, -0.15) is 0 Å². The number of carbonyl (C=O) groups is 3. The third kappa shape index (κ3) is 8.88. The number of rotatable bonds is 9. The van der Waals surface area contributed by atoms with Crippen LogP contribution in [0.2, 0.25) is 0 Å². The van der Waals surface area contributed by atoms with Crippen LogP contribution in [0.1, 0.15) is 33.1 Å². The Kier molecular flexibility index (Phi) is 9.16. The molecule has 0 aromatic heterocycles. The first-order valence-corrected chi connectivity index (χ1v) is 7.06. The molecule has 21 heavy (non-hydrogen) atoms. The number of amides is 2. The van der Waals surface area contributed by atoms with Gasteiger partial charge in [-0.05, 0) is 18.8 Å². The van der Waals surface area contributed by atoms with Crippen molar-refractivity contribution in [3.05, 3.63) is 0 Å². The van der Waals surface area contributed by atoms with E-state index in [1.54, 1.807) is 14.0 Å². The Morgan fingerprint density at radius 3 is 2.38 bits per heavy atom. The number of carboxylic acid groups (broad SMARTS) is 1. The van der Waals surface area contributed by atoms with E-state index in [-0.39, 0.29) is 36.8 Å². The van der Waals surface area contributed by atoms with Gasteiger partial charge >= 0.3 is 18.0 Å². The van der Waals surface area contributed by atoms with Crippen molar-refractivity contribution in [2.24, 2.45) is 11.8 Å². The molecule has 2 unspecified atom stereocenters. The van der Waals surface area contributed by atoms with Crippen molar-refractivity contribution < 1.29 is 24.2 Å².